The van der Waals surface area contributed by atoms with Gasteiger partial charge in [-0.05, 0) is 89.4 Å². The van der Waals surface area contributed by atoms with Crippen LogP contribution in [0.25, 0.3) is 6.08 Å². The number of carbonyl (C=O) groups is 2. The van der Waals surface area contributed by atoms with Gasteiger partial charge in [0, 0.05) is 16.4 Å². The second-order valence-corrected chi connectivity index (χ2v) is 9.11. The number of nitriles is 1. The zero-order valence-corrected chi connectivity index (χ0v) is 22.2. The minimum Gasteiger partial charge on any atom is -0.493 e. The molecule has 0 radical (unpaired) electrons. The van der Waals surface area contributed by atoms with Crippen molar-refractivity contribution in [2.24, 2.45) is 0 Å². The zero-order chi connectivity index (χ0) is 26.2. The standard InChI is InChI=1S/C27H23BrClN3O4/c1-16-4-9-23(17(2)10-16)32-27(34)19(14-30)11-18-12-22(28)26(24(13-18)35-3)36-15-25(33)31-21-7-5-20(29)6-8-21/h4-13H,15H2,1-3H3,(H,31,33)(H,32,34)/b19-11+. The molecular formula is C27H23BrClN3O4. The fourth-order valence-electron chi connectivity index (χ4n) is 3.29. The van der Waals surface area contributed by atoms with Gasteiger partial charge in [-0.25, -0.2) is 0 Å². The lowest BCUT2D eigenvalue weighted by Gasteiger charge is -2.14. The number of aryl methyl sites for hydroxylation is 2. The fraction of sp³-hybridized carbons (Fsp3) is 0.148. The minimum absolute atomic E-state index is 0.0834. The van der Waals surface area contributed by atoms with Crippen molar-refractivity contribution in [2.45, 2.75) is 13.8 Å². The monoisotopic (exact) mass is 567 g/mol. The summed E-state index contributed by atoms with van der Waals surface area (Å²) in [6.07, 6.45) is 1.45. The lowest BCUT2D eigenvalue weighted by molar-refractivity contribution is -0.118. The number of hydrogen-bond donors (Lipinski definition) is 2. The maximum absolute atomic E-state index is 12.7. The number of anilines is 2. The molecule has 9 heteroatoms. The van der Waals surface area contributed by atoms with E-state index in [0.717, 1.165) is 11.1 Å². The molecule has 184 valence electrons. The van der Waals surface area contributed by atoms with Gasteiger partial charge in [0.25, 0.3) is 11.8 Å². The van der Waals surface area contributed by atoms with Crippen LogP contribution < -0.4 is 20.1 Å². The smallest absolute Gasteiger partial charge is 0.266 e. The number of methoxy groups -OCH3 is 1. The zero-order valence-electron chi connectivity index (χ0n) is 19.8. The van der Waals surface area contributed by atoms with Crippen LogP contribution in [0.15, 0.2) is 64.6 Å². The average molecular weight is 569 g/mol. The van der Waals surface area contributed by atoms with Crippen molar-refractivity contribution in [1.29, 1.82) is 5.26 Å². The molecule has 3 aromatic rings. The molecule has 0 bridgehead atoms. The van der Waals surface area contributed by atoms with E-state index in [1.54, 1.807) is 42.5 Å². The van der Waals surface area contributed by atoms with Gasteiger partial charge in [0.2, 0.25) is 0 Å². The van der Waals surface area contributed by atoms with Crippen LogP contribution in [0.4, 0.5) is 11.4 Å². The lowest BCUT2D eigenvalue weighted by Crippen LogP contribution is -2.20. The minimum atomic E-state index is -0.529. The topological polar surface area (TPSA) is 100 Å². The van der Waals surface area contributed by atoms with E-state index in [0.29, 0.717) is 37.9 Å². The van der Waals surface area contributed by atoms with E-state index in [9.17, 15) is 14.9 Å². The molecule has 2 N–H and O–H groups in total. The quantitative estimate of drug-likeness (QED) is 0.246. The highest BCUT2D eigenvalue weighted by molar-refractivity contribution is 9.10. The number of nitrogens with zero attached hydrogens (tertiary/aromatic N) is 1. The van der Waals surface area contributed by atoms with Gasteiger partial charge in [-0.15, -0.1) is 0 Å². The SMILES string of the molecule is COc1cc(/C=C(\C#N)C(=O)Nc2ccc(C)cc2C)cc(Br)c1OCC(=O)Nc1ccc(Cl)cc1. The number of rotatable bonds is 8. The molecule has 0 aromatic heterocycles. The number of ether oxygens (including phenoxy) is 2. The van der Waals surface area contributed by atoms with Crippen LogP contribution in [0.3, 0.4) is 0 Å². The van der Waals surface area contributed by atoms with E-state index >= 15 is 0 Å². The summed E-state index contributed by atoms with van der Waals surface area (Å²) in [5.41, 5.74) is 3.63. The molecule has 0 heterocycles. The first kappa shape index (κ1) is 26.8. The summed E-state index contributed by atoms with van der Waals surface area (Å²) >= 11 is 9.28. The highest BCUT2D eigenvalue weighted by Gasteiger charge is 2.16. The van der Waals surface area contributed by atoms with Crippen molar-refractivity contribution in [3.63, 3.8) is 0 Å². The third kappa shape index (κ3) is 7.11. The number of amides is 2. The Morgan fingerprint density at radius 2 is 1.81 bits per heavy atom. The molecule has 36 heavy (non-hydrogen) atoms. The summed E-state index contributed by atoms with van der Waals surface area (Å²) < 4.78 is 11.6. The van der Waals surface area contributed by atoms with Crippen molar-refractivity contribution in [1.82, 2.24) is 0 Å². The normalized spacial score (nSPS) is 10.8. The molecule has 0 saturated heterocycles. The summed E-state index contributed by atoms with van der Waals surface area (Å²) in [5, 5.41) is 15.6. The van der Waals surface area contributed by atoms with Crippen LogP contribution >= 0.6 is 27.5 Å². The molecule has 0 fully saturated rings. The first-order chi connectivity index (χ1) is 17.2. The maximum Gasteiger partial charge on any atom is 0.266 e. The Bertz CT molecular complexity index is 1360. The number of nitrogens with one attached hydrogen (secondary N) is 2. The first-order valence-corrected chi connectivity index (χ1v) is 11.9. The van der Waals surface area contributed by atoms with Crippen LogP contribution in [-0.4, -0.2) is 25.5 Å². The van der Waals surface area contributed by atoms with Gasteiger partial charge in [0.15, 0.2) is 18.1 Å². The van der Waals surface area contributed by atoms with Crippen molar-refractivity contribution >= 4 is 56.8 Å². The Labute approximate surface area is 222 Å². The van der Waals surface area contributed by atoms with Gasteiger partial charge in [-0.3, -0.25) is 9.59 Å². The van der Waals surface area contributed by atoms with Gasteiger partial charge >= 0.3 is 0 Å². The van der Waals surface area contributed by atoms with Crippen molar-refractivity contribution in [3.05, 3.63) is 86.4 Å². The number of halogens is 2. The second kappa shape index (κ2) is 12.2. The Kier molecular flexibility index (Phi) is 9.12. The molecule has 0 aliphatic carbocycles. The lowest BCUT2D eigenvalue weighted by atomic mass is 10.1. The molecule has 7 nitrogen and oxygen atoms in total. The summed E-state index contributed by atoms with van der Waals surface area (Å²) in [4.78, 5) is 25.0. The van der Waals surface area contributed by atoms with E-state index in [4.69, 9.17) is 21.1 Å². The van der Waals surface area contributed by atoms with Gasteiger partial charge in [0.05, 0.1) is 11.6 Å². The molecule has 3 aromatic carbocycles. The molecule has 0 spiro atoms. The van der Waals surface area contributed by atoms with Crippen LogP contribution in [0.2, 0.25) is 5.02 Å². The van der Waals surface area contributed by atoms with Crippen molar-refractivity contribution in [2.75, 3.05) is 24.4 Å². The highest BCUT2D eigenvalue weighted by Crippen LogP contribution is 2.37. The third-order valence-corrected chi connectivity index (χ3v) is 5.87. The van der Waals surface area contributed by atoms with Crippen LogP contribution in [-0.2, 0) is 9.59 Å². The van der Waals surface area contributed by atoms with E-state index in [1.807, 2.05) is 32.0 Å². The largest absolute Gasteiger partial charge is 0.493 e. The Balaban J connectivity index is 1.74. The average Bonchev–Trinajstić information content (AvgIpc) is 2.84. The Morgan fingerprint density at radius 3 is 2.44 bits per heavy atom. The van der Waals surface area contributed by atoms with Crippen molar-refractivity contribution < 1.29 is 19.1 Å². The predicted molar refractivity (Wildman–Crippen MR) is 144 cm³/mol. The fourth-order valence-corrected chi connectivity index (χ4v) is 3.99. The number of benzene rings is 3. The molecule has 0 aliphatic rings. The van der Waals surface area contributed by atoms with E-state index in [1.165, 1.54) is 13.2 Å². The second-order valence-electron chi connectivity index (χ2n) is 7.82. The summed E-state index contributed by atoms with van der Waals surface area (Å²) in [6.45, 7) is 3.58. The Hall–Kier alpha value is -3.80. The van der Waals surface area contributed by atoms with Gasteiger partial charge < -0.3 is 20.1 Å². The van der Waals surface area contributed by atoms with E-state index in [2.05, 4.69) is 26.6 Å². The third-order valence-electron chi connectivity index (χ3n) is 5.03. The van der Waals surface area contributed by atoms with Crippen LogP contribution in [0, 0.1) is 25.2 Å². The summed E-state index contributed by atoms with van der Waals surface area (Å²) in [7, 11) is 1.45. The van der Waals surface area contributed by atoms with Crippen LogP contribution in [0.5, 0.6) is 11.5 Å². The van der Waals surface area contributed by atoms with Crippen LogP contribution in [0.1, 0.15) is 16.7 Å². The highest BCUT2D eigenvalue weighted by atomic mass is 79.9. The number of hydrogen-bond acceptors (Lipinski definition) is 5. The summed E-state index contributed by atoms with van der Waals surface area (Å²) in [6, 6.07) is 17.5. The molecule has 0 atom stereocenters. The Morgan fingerprint density at radius 1 is 1.08 bits per heavy atom. The van der Waals surface area contributed by atoms with Gasteiger partial charge in [0.1, 0.15) is 11.6 Å². The maximum atomic E-state index is 12.7. The van der Waals surface area contributed by atoms with E-state index < -0.39 is 5.91 Å². The predicted octanol–water partition coefficient (Wildman–Crippen LogP) is 6.29. The van der Waals surface area contributed by atoms with Gasteiger partial charge in [-0.1, -0.05) is 29.3 Å². The first-order valence-electron chi connectivity index (χ1n) is 10.8. The van der Waals surface area contributed by atoms with Crippen molar-refractivity contribution in [3.8, 4) is 17.6 Å². The molecule has 2 amide bonds. The number of carbonyl (C=O) groups excluding carboxylic acids is 2. The summed E-state index contributed by atoms with van der Waals surface area (Å²) in [5.74, 6) is -0.273. The molecular weight excluding hydrogens is 546 g/mol. The van der Waals surface area contributed by atoms with Gasteiger partial charge in [-0.2, -0.15) is 5.26 Å². The van der Waals surface area contributed by atoms with E-state index in [-0.39, 0.29) is 18.1 Å². The molecule has 3 rings (SSSR count). The molecule has 0 unspecified atom stereocenters. The molecule has 0 saturated carbocycles. The molecule has 0 aliphatic heterocycles.